The standard InChI is InChI=1S/H3O3P/c1-4(2)3/h4H,(H2,1,2,3)/i4T/hT2. The minimum absolute atomic E-state index is 3.15. The summed E-state index contributed by atoms with van der Waals surface area (Å²) < 4.78 is 27.6. The summed E-state index contributed by atoms with van der Waals surface area (Å²) in [5.74, 6) is 0. The maximum absolute atomic E-state index is 9.80. The quantitative estimate of drug-likeness (QED) is 0.441. The molecule has 0 fully saturated rings. The monoisotopic (exact) mass is 88.0 g/mol. The van der Waals surface area contributed by atoms with Crippen LogP contribution >= 0.6 is 8.20 Å². The predicted molar refractivity (Wildman–Crippen MR) is 13.4 cm³/mol. The van der Waals surface area contributed by atoms with Crippen LogP contribution in [0.2, 0.25) is 0 Å². The molecule has 4 heavy (non-hydrogen) atoms. The highest BCUT2D eigenvalue weighted by molar-refractivity contribution is 7.30. The minimum Gasteiger partial charge on any atom is -0.326 e. The molecule has 0 amide bonds. The smallest absolute Gasteiger partial charge is 0.314 e. The van der Waals surface area contributed by atoms with E-state index in [1.54, 1.807) is 0 Å². The van der Waals surface area contributed by atoms with Crippen LogP contribution < -0.4 is 0 Å². The van der Waals surface area contributed by atoms with Crippen LogP contribution in [0, 0.1) is 0 Å². The Morgan fingerprint density at radius 1 is 2.25 bits per heavy atom. The maximum atomic E-state index is 9.80. The number of rotatable bonds is 2. The van der Waals surface area contributed by atoms with Gasteiger partial charge in [-0.25, -0.2) is 0 Å². The third-order valence-electron chi connectivity index (χ3n) is 0. The van der Waals surface area contributed by atoms with E-state index in [9.17, 15) is 4.57 Å². The molecule has 0 heterocycles. The van der Waals surface area contributed by atoms with E-state index in [1.807, 2.05) is 0 Å². The Bertz CT molecular complexity index is 82.2. The van der Waals surface area contributed by atoms with Crippen molar-refractivity contribution in [1.29, 1.82) is 4.14 Å². The van der Waals surface area contributed by atoms with Gasteiger partial charge in [0.1, 0.15) is 0 Å². The van der Waals surface area contributed by atoms with Crippen molar-refractivity contribution in [3.8, 4) is 0 Å². The van der Waals surface area contributed by atoms with Crippen LogP contribution in [0.1, 0.15) is 0 Å². The third-order valence-corrected chi connectivity index (χ3v) is 0. The first-order chi connectivity index (χ1) is 3.12. The SMILES string of the molecule is [3H]OP([3H])(=O)O[3H]. The first-order valence-electron chi connectivity index (χ1n) is 1.81. The van der Waals surface area contributed by atoms with Crippen LogP contribution in [0.15, 0.2) is 0 Å². The maximum Gasteiger partial charge on any atom is 0.314 e. The Morgan fingerprint density at radius 3 is 2.75 bits per heavy atom. The molecular weight excluding hydrogens is 79.0 g/mol. The molecule has 2 N–H and O–H groups in total. The number of hydrogen-bond donors (Lipinski definition) is 2. The fourth-order valence-corrected chi connectivity index (χ4v) is 0. The van der Waals surface area contributed by atoms with Gasteiger partial charge in [0, 0.05) is 0 Å². The fourth-order valence-electron chi connectivity index (χ4n) is 0. The van der Waals surface area contributed by atoms with Crippen molar-refractivity contribution in [3.05, 3.63) is 0 Å². The first-order valence-corrected chi connectivity index (χ1v) is 1.64. The lowest BCUT2D eigenvalue weighted by atomic mass is 15.8. The Hall–Kier alpha value is 0.150. The van der Waals surface area contributed by atoms with Crippen molar-refractivity contribution < 1.29 is 14.4 Å². The molecule has 0 aromatic rings. The van der Waals surface area contributed by atoms with Gasteiger partial charge >= 0.3 is 8.20 Å². The summed E-state index contributed by atoms with van der Waals surface area (Å²) in [6.45, 7) is 0. The van der Waals surface area contributed by atoms with Gasteiger partial charge in [-0.15, -0.1) is 0 Å². The van der Waals surface area contributed by atoms with E-state index < -0.39 is 8.20 Å². The molecule has 0 rings (SSSR count). The summed E-state index contributed by atoms with van der Waals surface area (Å²) in [5, 5.41) is 0. The zero-order chi connectivity index (χ0) is 5.91. The van der Waals surface area contributed by atoms with Crippen LogP contribution in [-0.2, 0) is 4.57 Å². The van der Waals surface area contributed by atoms with Gasteiger partial charge in [-0.2, -0.15) is 0 Å². The topological polar surface area (TPSA) is 57.5 Å². The summed E-state index contributed by atoms with van der Waals surface area (Å²) in [6.07, 6.45) is 0. The first kappa shape index (κ1) is 1.09. The van der Waals surface area contributed by atoms with Gasteiger partial charge < -0.3 is 9.79 Å². The fraction of sp³-hybridized carbons (Fsp3) is 0. The van der Waals surface area contributed by atoms with E-state index in [-0.39, 0.29) is 0 Å². The summed E-state index contributed by atoms with van der Waals surface area (Å²) in [7, 11) is -4.07. The van der Waals surface area contributed by atoms with Gasteiger partial charge in [0.2, 0.25) is 2.86 Å². The van der Waals surface area contributed by atoms with E-state index >= 15 is 0 Å². The van der Waals surface area contributed by atoms with Gasteiger partial charge in [0.25, 0.3) is 0 Å². The van der Waals surface area contributed by atoms with Gasteiger partial charge in [0.15, 0.2) is 1.28 Å². The molecule has 0 aromatic heterocycles. The molecule has 0 atom stereocenters. The van der Waals surface area contributed by atoms with Crippen LogP contribution in [-0.4, -0.2) is 13.9 Å². The highest BCUT2D eigenvalue weighted by Crippen LogP contribution is 1.98. The summed E-state index contributed by atoms with van der Waals surface area (Å²) >= 11 is 0. The summed E-state index contributed by atoms with van der Waals surface area (Å²) in [6, 6.07) is 0. The molecule has 0 spiro atoms. The molecule has 26 valence electrons. The molecule has 0 aliphatic rings. The highest BCUT2D eigenvalue weighted by atomic mass is 31.1. The molecule has 3 nitrogen and oxygen atoms in total. The Labute approximate surface area is 28.1 Å². The summed E-state index contributed by atoms with van der Waals surface area (Å²) in [5.41, 5.74) is 0. The molecule has 0 radical (unpaired) electrons. The Kier molecular flexibility index (Phi) is 0.399. The molecule has 0 aliphatic heterocycles. The van der Waals surface area contributed by atoms with Crippen molar-refractivity contribution in [2.24, 2.45) is 0 Å². The van der Waals surface area contributed by atoms with E-state index in [1.165, 1.54) is 0 Å². The predicted octanol–water partition coefficient (Wildman–Crippen LogP) is -0.639. The lowest BCUT2D eigenvalue weighted by Gasteiger charge is -1.61. The second-order valence-electron chi connectivity index (χ2n) is 0.224. The van der Waals surface area contributed by atoms with Crippen molar-refractivity contribution in [3.63, 3.8) is 0 Å². The Morgan fingerprint density at radius 2 is 2.75 bits per heavy atom. The molecular formula is H3O3P. The summed E-state index contributed by atoms with van der Waals surface area (Å²) in [4.78, 5) is 6.30. The van der Waals surface area contributed by atoms with E-state index in [0.717, 1.165) is 0 Å². The number of hydrogen-bond acceptors (Lipinski definition) is 3. The minimum atomic E-state index is -4.07. The molecule has 0 saturated carbocycles. The average Bonchev–Trinajstić information content (AvgIpc) is 1.68. The van der Waals surface area contributed by atoms with Gasteiger partial charge in [-0.1, -0.05) is 0 Å². The molecule has 0 aromatic carbocycles. The van der Waals surface area contributed by atoms with E-state index in [4.69, 9.17) is 4.14 Å². The Balaban J connectivity index is 3.61. The van der Waals surface area contributed by atoms with Crippen LogP contribution in [0.3, 0.4) is 0 Å². The molecule has 0 saturated heterocycles. The van der Waals surface area contributed by atoms with Crippen LogP contribution in [0.25, 0.3) is 0 Å². The largest absolute Gasteiger partial charge is 0.326 e. The van der Waals surface area contributed by atoms with Crippen molar-refractivity contribution >= 4 is 8.20 Å². The lowest BCUT2D eigenvalue weighted by Crippen LogP contribution is -1.38. The molecule has 0 aliphatic carbocycles. The third kappa shape index (κ3) is 126. The van der Waals surface area contributed by atoms with Crippen LogP contribution in [0.5, 0.6) is 0 Å². The zero-order valence-corrected chi connectivity index (χ0v) is 2.57. The van der Waals surface area contributed by atoms with Gasteiger partial charge in [-0.3, -0.25) is 4.57 Å². The molecule has 0 bridgehead atoms. The molecule has 4 heteroatoms. The zero-order valence-electron chi connectivity index (χ0n) is 4.67. The van der Waals surface area contributed by atoms with Crippen molar-refractivity contribution in [2.75, 3.05) is 0 Å². The lowest BCUT2D eigenvalue weighted by molar-refractivity contribution is 0.405. The van der Waals surface area contributed by atoms with Crippen molar-refractivity contribution in [1.82, 2.24) is 0 Å². The normalized spacial score (nSPS) is 21.5. The second kappa shape index (κ2) is 1.47. The van der Waals surface area contributed by atoms with Crippen LogP contribution in [0.4, 0.5) is 0 Å². The van der Waals surface area contributed by atoms with E-state index in [2.05, 4.69) is 9.79 Å². The second-order valence-corrected chi connectivity index (χ2v) is 0.671. The molecule has 0 unspecified atom stereocenters. The average molecular weight is 88.0 g/mol. The van der Waals surface area contributed by atoms with E-state index in [0.29, 0.717) is 0 Å². The highest BCUT2D eigenvalue weighted by Gasteiger charge is 1.61. The van der Waals surface area contributed by atoms with Gasteiger partial charge in [-0.05, 0) is 0 Å². The van der Waals surface area contributed by atoms with Crippen molar-refractivity contribution in [2.45, 2.75) is 0 Å². The van der Waals surface area contributed by atoms with Gasteiger partial charge in [0.05, 0.1) is 0 Å².